The Labute approximate surface area is 161 Å². The largest absolute Gasteiger partial charge is 0.449 e. The molecule has 1 rings (SSSR count). The van der Waals surface area contributed by atoms with E-state index in [0.717, 1.165) is 19.3 Å². The van der Waals surface area contributed by atoms with Gasteiger partial charge in [-0.2, -0.15) is 0 Å². The smallest absolute Gasteiger partial charge is 0.407 e. The van der Waals surface area contributed by atoms with Crippen LogP contribution in [0, 0.1) is 11.3 Å². The van der Waals surface area contributed by atoms with Gasteiger partial charge in [-0.25, -0.2) is 4.79 Å². The van der Waals surface area contributed by atoms with Gasteiger partial charge in [0.2, 0.25) is 11.7 Å². The third-order valence-electron chi connectivity index (χ3n) is 4.17. The Bertz CT molecular complexity index is 554. The molecule has 8 nitrogen and oxygen atoms in total. The number of nitrogens with one attached hydrogen (secondary N) is 3. The molecule has 2 unspecified atom stereocenters. The molecule has 0 aliphatic carbocycles. The van der Waals surface area contributed by atoms with Crippen molar-refractivity contribution in [3.8, 4) is 0 Å². The number of amides is 3. The summed E-state index contributed by atoms with van der Waals surface area (Å²) in [5, 5.41) is 7.76. The van der Waals surface area contributed by atoms with Gasteiger partial charge < -0.3 is 20.7 Å². The van der Waals surface area contributed by atoms with Crippen molar-refractivity contribution in [1.82, 2.24) is 16.0 Å². The maximum absolute atomic E-state index is 12.7. The lowest BCUT2D eigenvalue weighted by atomic mass is 9.99. The SMILES string of the molecule is CC(C)C(NC(=O)OCC(C)(C)C)C(=O)NC1CCCCCNC(=O)C1=O. The minimum absolute atomic E-state index is 0.190. The van der Waals surface area contributed by atoms with E-state index >= 15 is 0 Å². The number of alkyl carbamates (subject to hydrolysis) is 1. The lowest BCUT2D eigenvalue weighted by molar-refractivity contribution is -0.140. The molecule has 0 aromatic rings. The lowest BCUT2D eigenvalue weighted by Crippen LogP contribution is -2.55. The maximum atomic E-state index is 12.7. The number of ether oxygens (including phenoxy) is 1. The van der Waals surface area contributed by atoms with Crippen molar-refractivity contribution in [2.45, 2.75) is 72.4 Å². The first-order valence-corrected chi connectivity index (χ1v) is 9.57. The van der Waals surface area contributed by atoms with Crippen LogP contribution in [0.15, 0.2) is 0 Å². The number of rotatable bonds is 5. The summed E-state index contributed by atoms with van der Waals surface area (Å²) in [5.41, 5.74) is -0.190. The molecule has 3 amide bonds. The van der Waals surface area contributed by atoms with Crippen LogP contribution in [0.3, 0.4) is 0 Å². The summed E-state index contributed by atoms with van der Waals surface area (Å²) in [7, 11) is 0. The Hall–Kier alpha value is -2.12. The Morgan fingerprint density at radius 2 is 1.85 bits per heavy atom. The third-order valence-corrected chi connectivity index (χ3v) is 4.17. The highest BCUT2D eigenvalue weighted by atomic mass is 16.5. The number of Topliss-reactive ketones (excluding diaryl/α,β-unsaturated/α-hetero) is 1. The second-order valence-corrected chi connectivity index (χ2v) is 8.53. The van der Waals surface area contributed by atoms with Crippen LogP contribution < -0.4 is 16.0 Å². The van der Waals surface area contributed by atoms with E-state index in [1.807, 2.05) is 20.8 Å². The standard InChI is InChI=1S/C19H33N3O5/c1-12(2)14(22-18(26)27-11-19(3,4)5)16(24)21-13-9-7-6-8-10-20-17(25)15(13)23/h12-14H,6-11H2,1-5H3,(H,20,25)(H,21,24)(H,22,26). The predicted molar refractivity (Wildman–Crippen MR) is 101 cm³/mol. The molecule has 154 valence electrons. The van der Waals surface area contributed by atoms with Crippen LogP contribution in [0.25, 0.3) is 0 Å². The molecule has 1 heterocycles. The van der Waals surface area contributed by atoms with Gasteiger partial charge in [-0.1, -0.05) is 47.5 Å². The average Bonchev–Trinajstić information content (AvgIpc) is 2.63. The molecule has 8 heteroatoms. The fourth-order valence-electron chi connectivity index (χ4n) is 2.61. The molecule has 1 aliphatic rings. The molecular formula is C19H33N3O5. The van der Waals surface area contributed by atoms with Crippen LogP contribution in [-0.4, -0.2) is 48.9 Å². The van der Waals surface area contributed by atoms with Crippen LogP contribution in [0.4, 0.5) is 4.79 Å². The van der Waals surface area contributed by atoms with Crippen LogP contribution in [0.2, 0.25) is 0 Å². The van der Waals surface area contributed by atoms with Gasteiger partial charge >= 0.3 is 6.09 Å². The van der Waals surface area contributed by atoms with Gasteiger partial charge in [-0.15, -0.1) is 0 Å². The first-order chi connectivity index (χ1) is 12.5. The van der Waals surface area contributed by atoms with Crippen molar-refractivity contribution in [1.29, 1.82) is 0 Å². The van der Waals surface area contributed by atoms with Crippen molar-refractivity contribution in [2.24, 2.45) is 11.3 Å². The molecule has 0 spiro atoms. The fraction of sp³-hybridized carbons (Fsp3) is 0.789. The quantitative estimate of drug-likeness (QED) is 0.623. The Morgan fingerprint density at radius 1 is 1.19 bits per heavy atom. The molecule has 0 aromatic heterocycles. The third kappa shape index (κ3) is 8.41. The zero-order chi connectivity index (χ0) is 20.6. The van der Waals surface area contributed by atoms with Gasteiger partial charge in [0.15, 0.2) is 0 Å². The van der Waals surface area contributed by atoms with E-state index in [1.165, 1.54) is 0 Å². The summed E-state index contributed by atoms with van der Waals surface area (Å²) >= 11 is 0. The molecule has 27 heavy (non-hydrogen) atoms. The number of carbonyl (C=O) groups is 4. The monoisotopic (exact) mass is 383 g/mol. The van der Waals surface area contributed by atoms with E-state index in [1.54, 1.807) is 13.8 Å². The summed E-state index contributed by atoms with van der Waals surface area (Å²) in [6, 6.07) is -1.75. The van der Waals surface area contributed by atoms with Crippen LogP contribution in [0.1, 0.15) is 60.3 Å². The predicted octanol–water partition coefficient (Wildman–Crippen LogP) is 1.53. The lowest BCUT2D eigenvalue weighted by Gasteiger charge is -2.25. The van der Waals surface area contributed by atoms with Crippen LogP contribution in [0.5, 0.6) is 0 Å². The first kappa shape index (κ1) is 22.9. The van der Waals surface area contributed by atoms with E-state index in [4.69, 9.17) is 4.74 Å². The zero-order valence-electron chi connectivity index (χ0n) is 17.0. The van der Waals surface area contributed by atoms with Crippen molar-refractivity contribution in [2.75, 3.05) is 13.2 Å². The Balaban J connectivity index is 2.73. The van der Waals surface area contributed by atoms with E-state index in [-0.39, 0.29) is 17.9 Å². The fourth-order valence-corrected chi connectivity index (χ4v) is 2.61. The highest BCUT2D eigenvalue weighted by Gasteiger charge is 2.32. The number of hydrogen-bond donors (Lipinski definition) is 3. The molecule has 1 fully saturated rings. The van der Waals surface area contributed by atoms with Crippen molar-refractivity contribution < 1.29 is 23.9 Å². The molecule has 1 saturated heterocycles. The normalized spacial score (nSPS) is 20.0. The maximum Gasteiger partial charge on any atom is 0.407 e. The van der Waals surface area contributed by atoms with E-state index in [2.05, 4.69) is 16.0 Å². The van der Waals surface area contributed by atoms with Gasteiger partial charge in [0.05, 0.1) is 12.6 Å². The van der Waals surface area contributed by atoms with E-state index in [0.29, 0.717) is 13.0 Å². The highest BCUT2D eigenvalue weighted by Crippen LogP contribution is 2.13. The summed E-state index contributed by atoms with van der Waals surface area (Å²) < 4.78 is 5.16. The second kappa shape index (κ2) is 10.3. The second-order valence-electron chi connectivity index (χ2n) is 8.53. The Morgan fingerprint density at radius 3 is 2.44 bits per heavy atom. The molecule has 0 radical (unpaired) electrons. The molecule has 1 aliphatic heterocycles. The molecule has 3 N–H and O–H groups in total. The molecule has 0 aromatic carbocycles. The van der Waals surface area contributed by atoms with Gasteiger partial charge in [-0.3, -0.25) is 14.4 Å². The van der Waals surface area contributed by atoms with Crippen molar-refractivity contribution in [3.63, 3.8) is 0 Å². The topological polar surface area (TPSA) is 114 Å². The molecular weight excluding hydrogens is 350 g/mol. The zero-order valence-corrected chi connectivity index (χ0v) is 17.0. The van der Waals surface area contributed by atoms with E-state index < -0.39 is 35.8 Å². The van der Waals surface area contributed by atoms with Crippen molar-refractivity contribution >= 4 is 23.7 Å². The minimum Gasteiger partial charge on any atom is -0.449 e. The van der Waals surface area contributed by atoms with Crippen molar-refractivity contribution in [3.05, 3.63) is 0 Å². The summed E-state index contributed by atoms with van der Waals surface area (Å²) in [4.78, 5) is 48.8. The average molecular weight is 383 g/mol. The van der Waals surface area contributed by atoms with E-state index in [9.17, 15) is 19.2 Å². The number of hydrogen-bond acceptors (Lipinski definition) is 5. The number of carbonyl (C=O) groups excluding carboxylic acids is 4. The van der Waals surface area contributed by atoms with Crippen LogP contribution in [-0.2, 0) is 19.1 Å². The first-order valence-electron chi connectivity index (χ1n) is 9.57. The molecule has 2 atom stereocenters. The molecule has 0 saturated carbocycles. The summed E-state index contributed by atoms with van der Waals surface area (Å²) in [5.74, 6) is -2.04. The van der Waals surface area contributed by atoms with Crippen LogP contribution >= 0.6 is 0 Å². The summed E-state index contributed by atoms with van der Waals surface area (Å²) in [6.45, 7) is 10.0. The van der Waals surface area contributed by atoms with Gasteiger partial charge in [-0.05, 0) is 24.2 Å². The molecule has 0 bridgehead atoms. The summed E-state index contributed by atoms with van der Waals surface area (Å²) in [6.07, 6.45) is 2.12. The highest BCUT2D eigenvalue weighted by molar-refractivity contribution is 6.38. The minimum atomic E-state index is -0.885. The Kier molecular flexibility index (Phi) is 8.72. The van der Waals surface area contributed by atoms with Gasteiger partial charge in [0, 0.05) is 6.54 Å². The van der Waals surface area contributed by atoms with Gasteiger partial charge in [0.25, 0.3) is 5.91 Å². The van der Waals surface area contributed by atoms with Gasteiger partial charge in [0.1, 0.15) is 6.04 Å². The number of ketones is 1.